The van der Waals surface area contributed by atoms with Gasteiger partial charge in [0.1, 0.15) is 40.3 Å². The summed E-state index contributed by atoms with van der Waals surface area (Å²) < 4.78 is 6.21. The molecule has 2 heteroatoms. The molecule has 0 N–H and O–H groups in total. The fourth-order valence-corrected chi connectivity index (χ4v) is 9.56. The first kappa shape index (κ1) is 22.1. The van der Waals surface area contributed by atoms with Crippen LogP contribution < -0.4 is 20.7 Å². The zero-order valence-corrected chi connectivity index (χ0v) is 20.2. The van der Waals surface area contributed by atoms with Crippen molar-refractivity contribution in [3.8, 4) is 11.5 Å². The van der Waals surface area contributed by atoms with Crippen molar-refractivity contribution >= 4 is 23.2 Å². The molecule has 0 aliphatic rings. The van der Waals surface area contributed by atoms with Crippen LogP contribution in [0.2, 0.25) is 0 Å². The van der Waals surface area contributed by atoms with E-state index in [1.807, 2.05) is 36.4 Å². The van der Waals surface area contributed by atoms with Crippen LogP contribution >= 0.6 is 7.26 Å². The zero-order valence-electron chi connectivity index (χ0n) is 19.3. The second-order valence-corrected chi connectivity index (χ2v) is 12.2. The smallest absolute Gasteiger partial charge is 0.127 e. The van der Waals surface area contributed by atoms with Crippen molar-refractivity contribution < 1.29 is 4.74 Å². The Hall–Kier alpha value is -3.67. The fraction of sp³-hybridized carbons (Fsp3) is 0.0625. The molecule has 1 nitrogen and oxygen atoms in total. The Balaban J connectivity index is 1.69. The van der Waals surface area contributed by atoms with Gasteiger partial charge in [-0.15, -0.1) is 0 Å². The summed E-state index contributed by atoms with van der Waals surface area (Å²) in [4.78, 5) is 0. The van der Waals surface area contributed by atoms with Crippen molar-refractivity contribution in [3.63, 3.8) is 0 Å². The first-order valence-electron chi connectivity index (χ1n) is 11.7. The van der Waals surface area contributed by atoms with E-state index in [0.29, 0.717) is 0 Å². The highest BCUT2D eigenvalue weighted by Gasteiger charge is 2.50. The van der Waals surface area contributed by atoms with E-state index in [9.17, 15) is 0 Å². The molecule has 0 aromatic heterocycles. The maximum atomic E-state index is 6.21. The van der Waals surface area contributed by atoms with Gasteiger partial charge in [-0.1, -0.05) is 84.9 Å². The molecule has 1 unspecified atom stereocenters. The Kier molecular flexibility index (Phi) is 6.56. The Labute approximate surface area is 203 Å². The summed E-state index contributed by atoms with van der Waals surface area (Å²) in [6.45, 7) is 2.38. The van der Waals surface area contributed by atoms with Crippen LogP contribution in [0.4, 0.5) is 0 Å². The van der Waals surface area contributed by atoms with Crippen LogP contribution in [0.3, 0.4) is 0 Å². The predicted octanol–water partition coefficient (Wildman–Crippen LogP) is 7.53. The lowest BCUT2D eigenvalue weighted by Crippen LogP contribution is -2.34. The van der Waals surface area contributed by atoms with Crippen LogP contribution in [0, 0.1) is 0 Å². The largest absolute Gasteiger partial charge is 0.457 e. The molecule has 5 aromatic carbocycles. The van der Waals surface area contributed by atoms with Gasteiger partial charge in [-0.2, -0.15) is 0 Å². The lowest BCUT2D eigenvalue weighted by molar-refractivity contribution is 0.482. The first-order chi connectivity index (χ1) is 16.8. The number of benzene rings is 5. The highest BCUT2D eigenvalue weighted by atomic mass is 31.2. The molecule has 0 saturated carbocycles. The second kappa shape index (κ2) is 10.1. The van der Waals surface area contributed by atoms with Gasteiger partial charge < -0.3 is 4.74 Å². The van der Waals surface area contributed by atoms with Crippen LogP contribution in [-0.2, 0) is 0 Å². The van der Waals surface area contributed by atoms with Gasteiger partial charge in [0.05, 0.1) is 0 Å². The molecule has 1 atom stereocenters. The van der Waals surface area contributed by atoms with Crippen LogP contribution in [0.5, 0.6) is 11.5 Å². The zero-order chi connectivity index (χ0) is 23.2. The average molecular weight is 460 g/mol. The minimum Gasteiger partial charge on any atom is -0.457 e. The molecule has 5 rings (SSSR count). The summed E-state index contributed by atoms with van der Waals surface area (Å²) >= 11 is 0. The molecule has 0 heterocycles. The molecule has 0 spiro atoms. The van der Waals surface area contributed by atoms with Crippen LogP contribution in [0.25, 0.3) is 0 Å². The second-order valence-electron chi connectivity index (χ2n) is 8.39. The lowest BCUT2D eigenvalue weighted by atomic mass is 10.1. The molecular formula is C32H28OP+. The van der Waals surface area contributed by atoms with E-state index in [0.717, 1.165) is 11.5 Å². The van der Waals surface area contributed by atoms with Crippen molar-refractivity contribution in [2.75, 3.05) is 0 Å². The Morgan fingerprint density at radius 2 is 0.882 bits per heavy atom. The quantitative estimate of drug-likeness (QED) is 0.229. The van der Waals surface area contributed by atoms with Gasteiger partial charge in [-0.25, -0.2) is 0 Å². The first-order valence-corrected chi connectivity index (χ1v) is 13.5. The molecule has 0 aliphatic heterocycles. The molecule has 5 aromatic rings. The van der Waals surface area contributed by atoms with Gasteiger partial charge in [0.25, 0.3) is 0 Å². The molecule has 0 bridgehead atoms. The van der Waals surface area contributed by atoms with Gasteiger partial charge in [-0.05, 0) is 73.2 Å². The number of hydrogen-bond acceptors (Lipinski definition) is 1. The molecule has 0 saturated heterocycles. The van der Waals surface area contributed by atoms with E-state index in [2.05, 4.69) is 116 Å². The number of para-hydroxylation sites is 1. The highest BCUT2D eigenvalue weighted by molar-refractivity contribution is 7.95. The summed E-state index contributed by atoms with van der Waals surface area (Å²) in [5, 5.41) is 4.15. The number of rotatable bonds is 7. The normalized spacial score (nSPS) is 12.1. The predicted molar refractivity (Wildman–Crippen MR) is 147 cm³/mol. The van der Waals surface area contributed by atoms with Gasteiger partial charge in [-0.3, -0.25) is 0 Å². The summed E-state index contributed by atoms with van der Waals surface area (Å²) in [7, 11) is -2.02. The van der Waals surface area contributed by atoms with Gasteiger partial charge in [0.2, 0.25) is 0 Å². The fourth-order valence-electron chi connectivity index (χ4n) is 4.79. The summed E-state index contributed by atoms with van der Waals surface area (Å²) in [6, 6.07) is 51.7. The molecule has 0 fully saturated rings. The Bertz CT molecular complexity index is 1220. The van der Waals surface area contributed by atoms with E-state index in [1.165, 1.54) is 21.5 Å². The van der Waals surface area contributed by atoms with Crippen LogP contribution in [0.1, 0.15) is 18.1 Å². The number of ether oxygens (including phenoxy) is 1. The summed E-state index contributed by atoms with van der Waals surface area (Å²) in [6.07, 6.45) is 0. The van der Waals surface area contributed by atoms with Crippen molar-refractivity contribution in [1.29, 1.82) is 0 Å². The molecule has 0 aliphatic carbocycles. The average Bonchev–Trinajstić information content (AvgIpc) is 2.92. The van der Waals surface area contributed by atoms with Crippen molar-refractivity contribution in [2.45, 2.75) is 12.6 Å². The standard InChI is InChI=1S/C32H28OP/c1-26(27-15-14-18-29(25-27)33-28-16-6-2-7-17-28)34(30-19-8-3-9-20-30,31-21-10-4-11-22-31)32-23-12-5-13-24-32/h2-26H,1H3/q+1. The summed E-state index contributed by atoms with van der Waals surface area (Å²) in [5.74, 6) is 1.71. The van der Waals surface area contributed by atoms with E-state index in [1.54, 1.807) is 0 Å². The van der Waals surface area contributed by atoms with Gasteiger partial charge >= 0.3 is 0 Å². The SMILES string of the molecule is CC(c1cccc(Oc2ccccc2)c1)[P+](c1ccccc1)(c1ccccc1)c1ccccc1. The summed E-state index contributed by atoms with van der Waals surface area (Å²) in [5.41, 5.74) is 1.53. The molecule has 0 radical (unpaired) electrons. The van der Waals surface area contributed by atoms with Gasteiger partial charge in [0, 0.05) is 0 Å². The van der Waals surface area contributed by atoms with Crippen molar-refractivity contribution in [2.24, 2.45) is 0 Å². The molecular weight excluding hydrogens is 431 g/mol. The van der Waals surface area contributed by atoms with Gasteiger partial charge in [0.15, 0.2) is 0 Å². The third-order valence-corrected chi connectivity index (χ3v) is 11.2. The van der Waals surface area contributed by atoms with E-state index >= 15 is 0 Å². The van der Waals surface area contributed by atoms with E-state index < -0.39 is 7.26 Å². The third-order valence-electron chi connectivity index (χ3n) is 6.39. The maximum absolute atomic E-state index is 6.21. The monoisotopic (exact) mass is 459 g/mol. The van der Waals surface area contributed by atoms with Crippen LogP contribution in [-0.4, -0.2) is 0 Å². The van der Waals surface area contributed by atoms with E-state index in [4.69, 9.17) is 4.74 Å². The topological polar surface area (TPSA) is 9.23 Å². The van der Waals surface area contributed by atoms with Crippen molar-refractivity contribution in [1.82, 2.24) is 0 Å². The van der Waals surface area contributed by atoms with Crippen molar-refractivity contribution in [3.05, 3.63) is 151 Å². The van der Waals surface area contributed by atoms with Crippen LogP contribution in [0.15, 0.2) is 146 Å². The molecule has 0 amide bonds. The lowest BCUT2D eigenvalue weighted by Gasteiger charge is -2.33. The Morgan fingerprint density at radius 1 is 0.471 bits per heavy atom. The minimum atomic E-state index is -2.02. The number of hydrogen-bond donors (Lipinski definition) is 0. The highest BCUT2D eigenvalue weighted by Crippen LogP contribution is 2.66. The van der Waals surface area contributed by atoms with E-state index in [-0.39, 0.29) is 5.66 Å². The third kappa shape index (κ3) is 4.28. The minimum absolute atomic E-state index is 0.249. The molecule has 166 valence electrons. The Morgan fingerprint density at radius 3 is 1.35 bits per heavy atom. The maximum Gasteiger partial charge on any atom is 0.127 e. The molecule has 34 heavy (non-hydrogen) atoms.